The second-order valence-electron chi connectivity index (χ2n) is 5.10. The van der Waals surface area contributed by atoms with E-state index in [1.54, 1.807) is 11.3 Å². The highest BCUT2D eigenvalue weighted by Crippen LogP contribution is 2.11. The first-order chi connectivity index (χ1) is 9.69. The number of nitrogens with one attached hydrogen (secondary N) is 1. The maximum Gasteiger partial charge on any atom is 0.234 e. The van der Waals surface area contributed by atoms with Crippen LogP contribution >= 0.6 is 11.3 Å². The lowest BCUT2D eigenvalue weighted by molar-refractivity contribution is -0.127. The van der Waals surface area contributed by atoms with Gasteiger partial charge in [0.15, 0.2) is 0 Å². The van der Waals surface area contributed by atoms with Crippen molar-refractivity contribution < 1.29 is 14.6 Å². The Morgan fingerprint density at radius 2 is 2.50 bits per heavy atom. The van der Waals surface area contributed by atoms with E-state index in [1.165, 1.54) is 4.88 Å². The number of hydrogen-bond acceptors (Lipinski definition) is 5. The van der Waals surface area contributed by atoms with Crippen molar-refractivity contribution in [2.45, 2.75) is 25.5 Å². The molecule has 6 heteroatoms. The standard InChI is InChI=1S/C14H22N2O3S/c1-11-10-19-12(9-17)7-16(11)8-14(18)15-5-4-13-3-2-6-20-13/h2-3,6,11-12,17H,4-5,7-10H2,1H3,(H,15,18). The molecule has 1 amide bonds. The minimum Gasteiger partial charge on any atom is -0.394 e. The molecule has 1 aromatic heterocycles. The van der Waals surface area contributed by atoms with Gasteiger partial charge < -0.3 is 15.2 Å². The molecule has 0 saturated carbocycles. The number of hydrogen-bond donors (Lipinski definition) is 2. The van der Waals surface area contributed by atoms with Gasteiger partial charge in [-0.2, -0.15) is 0 Å². The monoisotopic (exact) mass is 298 g/mol. The highest BCUT2D eigenvalue weighted by atomic mass is 32.1. The fourth-order valence-electron chi connectivity index (χ4n) is 2.23. The third-order valence-corrected chi connectivity index (χ3v) is 4.39. The Morgan fingerprint density at radius 1 is 1.65 bits per heavy atom. The van der Waals surface area contributed by atoms with E-state index in [0.29, 0.717) is 26.2 Å². The third kappa shape index (κ3) is 4.56. The first-order valence-electron chi connectivity index (χ1n) is 6.94. The van der Waals surface area contributed by atoms with Crippen LogP contribution in [-0.4, -0.2) is 60.9 Å². The largest absolute Gasteiger partial charge is 0.394 e. The lowest BCUT2D eigenvalue weighted by Crippen LogP contribution is -2.52. The Balaban J connectivity index is 1.70. The average Bonchev–Trinajstić information content (AvgIpc) is 2.94. The van der Waals surface area contributed by atoms with E-state index >= 15 is 0 Å². The van der Waals surface area contributed by atoms with Crippen molar-refractivity contribution in [1.29, 1.82) is 0 Å². The molecule has 2 N–H and O–H groups in total. The zero-order chi connectivity index (χ0) is 14.4. The summed E-state index contributed by atoms with van der Waals surface area (Å²) in [7, 11) is 0. The Kier molecular flexibility index (Phi) is 5.97. The minimum atomic E-state index is -0.176. The molecule has 0 spiro atoms. The normalized spacial score (nSPS) is 23.7. The third-order valence-electron chi connectivity index (χ3n) is 3.46. The zero-order valence-corrected chi connectivity index (χ0v) is 12.6. The van der Waals surface area contributed by atoms with Crippen molar-refractivity contribution in [3.8, 4) is 0 Å². The fourth-order valence-corrected chi connectivity index (χ4v) is 2.94. The molecule has 0 aliphatic carbocycles. The summed E-state index contributed by atoms with van der Waals surface area (Å²) in [5.41, 5.74) is 0. The molecule has 0 aromatic carbocycles. The van der Waals surface area contributed by atoms with Crippen molar-refractivity contribution in [3.63, 3.8) is 0 Å². The Hall–Kier alpha value is -0.950. The van der Waals surface area contributed by atoms with Crippen molar-refractivity contribution >= 4 is 17.2 Å². The fraction of sp³-hybridized carbons (Fsp3) is 0.643. The predicted octanol–water partition coefficient (Wildman–Crippen LogP) is 0.488. The first kappa shape index (κ1) is 15.4. The van der Waals surface area contributed by atoms with Crippen LogP contribution in [0.5, 0.6) is 0 Å². The Bertz CT molecular complexity index is 411. The molecule has 112 valence electrons. The molecule has 1 aromatic rings. The second-order valence-corrected chi connectivity index (χ2v) is 6.13. The summed E-state index contributed by atoms with van der Waals surface area (Å²) < 4.78 is 5.46. The number of rotatable bonds is 6. The number of aliphatic hydroxyl groups excluding tert-OH is 1. The van der Waals surface area contributed by atoms with Gasteiger partial charge in [-0.25, -0.2) is 0 Å². The van der Waals surface area contributed by atoms with Crippen molar-refractivity contribution in [1.82, 2.24) is 10.2 Å². The van der Waals surface area contributed by atoms with Crippen LogP contribution in [0.4, 0.5) is 0 Å². The number of amides is 1. The molecule has 2 unspecified atom stereocenters. The lowest BCUT2D eigenvalue weighted by atomic mass is 10.2. The summed E-state index contributed by atoms with van der Waals surface area (Å²) in [6.45, 7) is 4.24. The maximum atomic E-state index is 11.9. The van der Waals surface area contributed by atoms with E-state index < -0.39 is 0 Å². The molecule has 1 aliphatic heterocycles. The molecule has 0 bridgehead atoms. The van der Waals surface area contributed by atoms with E-state index in [4.69, 9.17) is 9.84 Å². The lowest BCUT2D eigenvalue weighted by Gasteiger charge is -2.36. The molecule has 5 nitrogen and oxygen atoms in total. The van der Waals surface area contributed by atoms with Gasteiger partial charge in [0, 0.05) is 24.0 Å². The minimum absolute atomic E-state index is 0.00319. The summed E-state index contributed by atoms with van der Waals surface area (Å²) in [4.78, 5) is 15.3. The molecule has 2 atom stereocenters. The summed E-state index contributed by atoms with van der Waals surface area (Å²) in [6, 6.07) is 4.31. The summed E-state index contributed by atoms with van der Waals surface area (Å²) >= 11 is 1.71. The Labute approximate surface area is 123 Å². The number of ether oxygens (including phenoxy) is 1. The van der Waals surface area contributed by atoms with Crippen LogP contribution in [0.3, 0.4) is 0 Å². The van der Waals surface area contributed by atoms with Crippen molar-refractivity contribution in [2.75, 3.05) is 32.8 Å². The zero-order valence-electron chi connectivity index (χ0n) is 11.7. The smallest absolute Gasteiger partial charge is 0.234 e. The predicted molar refractivity (Wildman–Crippen MR) is 78.9 cm³/mol. The van der Waals surface area contributed by atoms with Crippen LogP contribution in [-0.2, 0) is 16.0 Å². The number of nitrogens with zero attached hydrogens (tertiary/aromatic N) is 1. The average molecular weight is 298 g/mol. The van der Waals surface area contributed by atoms with E-state index in [-0.39, 0.29) is 24.7 Å². The highest BCUT2D eigenvalue weighted by Gasteiger charge is 2.26. The number of thiophene rings is 1. The van der Waals surface area contributed by atoms with E-state index in [2.05, 4.69) is 16.3 Å². The topological polar surface area (TPSA) is 61.8 Å². The van der Waals surface area contributed by atoms with Crippen LogP contribution in [0.25, 0.3) is 0 Å². The van der Waals surface area contributed by atoms with E-state index in [9.17, 15) is 4.79 Å². The van der Waals surface area contributed by atoms with Gasteiger partial charge in [-0.15, -0.1) is 11.3 Å². The molecular formula is C14H22N2O3S. The van der Waals surface area contributed by atoms with Gasteiger partial charge >= 0.3 is 0 Å². The number of aliphatic hydroxyl groups is 1. The number of carbonyl (C=O) groups excluding carboxylic acids is 1. The van der Waals surface area contributed by atoms with Gasteiger partial charge in [-0.3, -0.25) is 9.69 Å². The molecule has 2 heterocycles. The van der Waals surface area contributed by atoms with Crippen LogP contribution in [0.15, 0.2) is 17.5 Å². The van der Waals surface area contributed by atoms with Crippen LogP contribution < -0.4 is 5.32 Å². The number of morpholine rings is 1. The molecule has 0 radical (unpaired) electrons. The molecule has 1 saturated heterocycles. The van der Waals surface area contributed by atoms with E-state index in [1.807, 2.05) is 18.4 Å². The summed E-state index contributed by atoms with van der Waals surface area (Å²) in [5.74, 6) is 0.0343. The highest BCUT2D eigenvalue weighted by molar-refractivity contribution is 7.09. The molecule has 1 fully saturated rings. The van der Waals surface area contributed by atoms with Gasteiger partial charge in [-0.05, 0) is 24.8 Å². The molecule has 2 rings (SSSR count). The first-order valence-corrected chi connectivity index (χ1v) is 7.82. The van der Waals surface area contributed by atoms with Crippen LogP contribution in [0.2, 0.25) is 0 Å². The quantitative estimate of drug-likeness (QED) is 0.802. The maximum absolute atomic E-state index is 11.9. The summed E-state index contributed by atoms with van der Waals surface area (Å²) in [5, 5.41) is 14.1. The number of carbonyl (C=O) groups is 1. The van der Waals surface area contributed by atoms with Gasteiger partial charge in [0.1, 0.15) is 0 Å². The van der Waals surface area contributed by atoms with E-state index in [0.717, 1.165) is 6.42 Å². The molecular weight excluding hydrogens is 276 g/mol. The van der Waals surface area contributed by atoms with Gasteiger partial charge in [0.05, 0.1) is 25.9 Å². The van der Waals surface area contributed by atoms with Crippen molar-refractivity contribution in [3.05, 3.63) is 22.4 Å². The van der Waals surface area contributed by atoms with Crippen molar-refractivity contribution in [2.24, 2.45) is 0 Å². The SMILES string of the molecule is CC1COC(CO)CN1CC(=O)NCCc1cccs1. The molecule has 1 aliphatic rings. The second kappa shape index (κ2) is 7.73. The van der Waals surface area contributed by atoms with Gasteiger partial charge in [-0.1, -0.05) is 6.07 Å². The van der Waals surface area contributed by atoms with Gasteiger partial charge in [0.25, 0.3) is 0 Å². The van der Waals surface area contributed by atoms with Gasteiger partial charge in [0.2, 0.25) is 5.91 Å². The Morgan fingerprint density at radius 3 is 3.20 bits per heavy atom. The molecule has 20 heavy (non-hydrogen) atoms. The van der Waals surface area contributed by atoms with Crippen LogP contribution in [0.1, 0.15) is 11.8 Å². The summed E-state index contributed by atoms with van der Waals surface area (Å²) in [6.07, 6.45) is 0.701. The van der Waals surface area contributed by atoms with Crippen LogP contribution in [0, 0.1) is 0 Å².